The molecule has 7 aromatic carbocycles. The standard InChI is InChI=1S/C27H22Cl2N2O4.C24H26N2O5.C20H20N2O3/c1-31-23-9-4-3-6-18(23)15-19(26(31)33)17-12-10-16(11-13-17)14-22(27(34)35-2)30-25(32)24-20(28)7-5-8-21(24)29;1-24(2,3)31-23(30)25-19(22(28)29)13-15-9-11-16(12-10-15)18-14-17-7-5-6-8-20(17)26(4)21(18)27;1-22-18-6-4-3-5-15(18)12-16(19(22)23)14-9-7-13(8-10-14)11-17(21)20(24)25-2/h3-13,15,22H,14H2,1-2H3,(H,30,32);5-12,14,19H,13H2,1-4H3,(H,25,30)(H,28,29);3-10,12,17H,11,21H2,1-2H3/t22-;19-;17-/m000/s1. The number of esters is 2. The van der Waals surface area contributed by atoms with E-state index in [2.05, 4.69) is 15.4 Å². The summed E-state index contributed by atoms with van der Waals surface area (Å²) in [6, 6.07) is 52.6. The number of nitrogens with zero attached hydrogens (tertiary/aromatic N) is 3. The fraction of sp³-hybridized carbons (Fsp3) is 0.211. The number of ether oxygens (including phenoxy) is 3. The van der Waals surface area contributed by atoms with Gasteiger partial charge in [0.2, 0.25) is 0 Å². The molecule has 0 radical (unpaired) electrons. The van der Waals surface area contributed by atoms with E-state index in [1.54, 1.807) is 98.1 Å². The summed E-state index contributed by atoms with van der Waals surface area (Å²) < 4.78 is 19.6. The van der Waals surface area contributed by atoms with Gasteiger partial charge in [0, 0.05) is 50.7 Å². The highest BCUT2D eigenvalue weighted by Gasteiger charge is 2.27. The Hall–Kier alpha value is -10.1. The zero-order valence-electron chi connectivity index (χ0n) is 51.3. The average molecular weight is 1270 g/mol. The summed E-state index contributed by atoms with van der Waals surface area (Å²) in [5, 5.41) is 17.8. The van der Waals surface area contributed by atoms with E-state index in [1.165, 1.54) is 14.2 Å². The molecule has 2 amide bonds. The lowest BCUT2D eigenvalue weighted by Crippen LogP contribution is -2.44. The van der Waals surface area contributed by atoms with Crippen LogP contribution in [0.1, 0.15) is 47.8 Å². The fourth-order valence-electron chi connectivity index (χ4n) is 10.2. The quantitative estimate of drug-likeness (QED) is 0.0551. The van der Waals surface area contributed by atoms with Gasteiger partial charge in [0.1, 0.15) is 23.7 Å². The van der Waals surface area contributed by atoms with Crippen molar-refractivity contribution in [2.75, 3.05) is 14.2 Å². The monoisotopic (exact) mass is 1270 g/mol. The minimum absolute atomic E-state index is 0.0438. The fourth-order valence-corrected chi connectivity index (χ4v) is 10.8. The van der Waals surface area contributed by atoms with Gasteiger partial charge in [-0.3, -0.25) is 24.0 Å². The number of pyridine rings is 3. The molecule has 0 unspecified atom stereocenters. The number of methoxy groups -OCH3 is 2. The van der Waals surface area contributed by atoms with Crippen molar-refractivity contribution in [2.45, 2.75) is 63.8 Å². The molecule has 0 saturated carbocycles. The van der Waals surface area contributed by atoms with Crippen LogP contribution in [-0.2, 0) is 69.0 Å². The van der Waals surface area contributed by atoms with E-state index in [0.29, 0.717) is 28.7 Å². The number of hydrogen-bond donors (Lipinski definition) is 4. The number of para-hydroxylation sites is 3. The summed E-state index contributed by atoms with van der Waals surface area (Å²) >= 11 is 12.3. The van der Waals surface area contributed by atoms with E-state index in [0.717, 1.165) is 60.5 Å². The summed E-state index contributed by atoms with van der Waals surface area (Å²) in [4.78, 5) is 98.5. The molecule has 0 fully saturated rings. The third-order valence-corrected chi connectivity index (χ3v) is 15.6. The van der Waals surface area contributed by atoms with Gasteiger partial charge in [0.25, 0.3) is 22.6 Å². The maximum atomic E-state index is 12.9. The van der Waals surface area contributed by atoms with Crippen molar-refractivity contribution in [3.8, 4) is 33.4 Å². The van der Waals surface area contributed by atoms with Crippen LogP contribution in [0.25, 0.3) is 66.1 Å². The van der Waals surface area contributed by atoms with Crippen LogP contribution < -0.4 is 33.0 Å². The van der Waals surface area contributed by atoms with E-state index in [-0.39, 0.29) is 45.1 Å². The van der Waals surface area contributed by atoms with Crippen LogP contribution in [0, 0.1) is 0 Å². The van der Waals surface area contributed by atoms with E-state index in [1.807, 2.05) is 140 Å². The highest BCUT2D eigenvalue weighted by atomic mass is 35.5. The molecule has 0 spiro atoms. The largest absolute Gasteiger partial charge is 0.480 e. The number of aryl methyl sites for hydroxylation is 3. The van der Waals surface area contributed by atoms with Crippen LogP contribution in [-0.4, -0.2) is 86.7 Å². The highest BCUT2D eigenvalue weighted by Crippen LogP contribution is 2.27. The molecular weight excluding hydrogens is 1200 g/mol. The second-order valence-corrected chi connectivity index (χ2v) is 23.3. The van der Waals surface area contributed by atoms with Crippen molar-refractivity contribution in [1.82, 2.24) is 24.3 Å². The number of nitrogens with one attached hydrogen (secondary N) is 2. The van der Waals surface area contributed by atoms with Crippen LogP contribution in [0.15, 0.2) is 196 Å². The van der Waals surface area contributed by atoms with Gasteiger partial charge in [-0.15, -0.1) is 0 Å². The number of carbonyl (C=O) groups is 5. The summed E-state index contributed by atoms with van der Waals surface area (Å²) in [7, 11) is 7.83. The lowest BCUT2D eigenvalue weighted by atomic mass is 10.00. The SMILES string of the molecule is COC(=O)[C@@H](N)Cc1ccc(-c2cc3ccccc3n(C)c2=O)cc1.COC(=O)[C@H](Cc1ccc(-c2cc3ccccc3n(C)c2=O)cc1)NC(=O)c1c(Cl)cccc1Cl.Cn1c(=O)c(-c2ccc(C[C@H](NC(=O)OC(C)(C)C)C(=O)O)cc2)cc2ccccc21. The zero-order valence-corrected chi connectivity index (χ0v) is 52.8. The number of carboxylic acids is 1. The first-order valence-electron chi connectivity index (χ1n) is 28.8. The molecule has 0 aliphatic heterocycles. The smallest absolute Gasteiger partial charge is 0.408 e. The molecular formula is C71H68Cl2N6O12. The van der Waals surface area contributed by atoms with Crippen molar-refractivity contribution in [2.24, 2.45) is 26.9 Å². The average Bonchev–Trinajstić information content (AvgIpc) is 0.861. The van der Waals surface area contributed by atoms with Gasteiger partial charge in [-0.05, 0) is 125 Å². The Kier molecular flexibility index (Phi) is 21.6. The second-order valence-electron chi connectivity index (χ2n) is 22.5. The van der Waals surface area contributed by atoms with Crippen LogP contribution in [0.2, 0.25) is 10.0 Å². The summed E-state index contributed by atoms with van der Waals surface area (Å²) in [6.07, 6.45) is -0.125. The van der Waals surface area contributed by atoms with Crippen molar-refractivity contribution >= 4 is 85.8 Å². The third kappa shape index (κ3) is 16.4. The molecule has 468 valence electrons. The summed E-state index contributed by atoms with van der Waals surface area (Å²) in [5.74, 6) is -2.77. The topological polar surface area (TPSA) is 249 Å². The maximum Gasteiger partial charge on any atom is 0.408 e. The second kappa shape index (κ2) is 29.5. The lowest BCUT2D eigenvalue weighted by molar-refractivity contribution is -0.143. The molecule has 18 nitrogen and oxygen atoms in total. The molecule has 10 rings (SSSR count). The van der Waals surface area contributed by atoms with Crippen LogP contribution in [0.3, 0.4) is 0 Å². The molecule has 0 aliphatic rings. The summed E-state index contributed by atoms with van der Waals surface area (Å²) in [6.45, 7) is 5.12. The number of nitrogens with two attached hydrogens (primary N) is 1. The first-order chi connectivity index (χ1) is 43.3. The zero-order chi connectivity index (χ0) is 65.8. The number of alkyl carbamates (subject to hydrolysis) is 1. The Morgan fingerprint density at radius 3 is 1.20 bits per heavy atom. The molecule has 3 heterocycles. The van der Waals surface area contributed by atoms with E-state index < -0.39 is 53.6 Å². The Balaban J connectivity index is 0.000000178. The molecule has 20 heteroatoms. The minimum Gasteiger partial charge on any atom is -0.480 e. The molecule has 0 saturated heterocycles. The van der Waals surface area contributed by atoms with Crippen molar-refractivity contribution in [3.05, 3.63) is 245 Å². The van der Waals surface area contributed by atoms with Crippen LogP contribution >= 0.6 is 23.2 Å². The molecule has 3 atom stereocenters. The van der Waals surface area contributed by atoms with Crippen LogP contribution in [0.5, 0.6) is 0 Å². The van der Waals surface area contributed by atoms with E-state index >= 15 is 0 Å². The van der Waals surface area contributed by atoms with Crippen molar-refractivity contribution in [3.63, 3.8) is 0 Å². The number of halogens is 2. The van der Waals surface area contributed by atoms with E-state index in [4.69, 9.17) is 38.4 Å². The number of carboxylic acid groups (broad SMARTS) is 1. The number of hydrogen-bond acceptors (Lipinski definition) is 12. The first-order valence-corrected chi connectivity index (χ1v) is 29.5. The van der Waals surface area contributed by atoms with Gasteiger partial charge in [-0.1, -0.05) is 157 Å². The predicted octanol–water partition coefficient (Wildman–Crippen LogP) is 11.0. The number of fused-ring (bicyclic) bond motifs is 3. The van der Waals surface area contributed by atoms with Gasteiger partial charge in [-0.25, -0.2) is 14.4 Å². The van der Waals surface area contributed by atoms with Crippen molar-refractivity contribution < 1.29 is 43.3 Å². The van der Waals surface area contributed by atoms with Gasteiger partial charge in [0.05, 0.1) is 46.4 Å². The van der Waals surface area contributed by atoms with Crippen molar-refractivity contribution in [1.29, 1.82) is 0 Å². The van der Waals surface area contributed by atoms with Crippen LogP contribution in [0.4, 0.5) is 4.79 Å². The number of carbonyl (C=O) groups excluding carboxylic acids is 4. The summed E-state index contributed by atoms with van der Waals surface area (Å²) in [5.41, 5.74) is 14.0. The number of benzene rings is 7. The molecule has 0 aliphatic carbocycles. The Labute approximate surface area is 534 Å². The number of rotatable bonds is 15. The molecule has 91 heavy (non-hydrogen) atoms. The number of aromatic nitrogens is 3. The minimum atomic E-state index is -1.15. The lowest BCUT2D eigenvalue weighted by Gasteiger charge is -2.22. The third-order valence-electron chi connectivity index (χ3n) is 15.0. The number of aliphatic carboxylic acids is 1. The van der Waals surface area contributed by atoms with Gasteiger partial charge >= 0.3 is 24.0 Å². The van der Waals surface area contributed by atoms with Gasteiger partial charge in [-0.2, -0.15) is 0 Å². The Morgan fingerprint density at radius 2 is 0.846 bits per heavy atom. The van der Waals surface area contributed by atoms with Gasteiger partial charge in [0.15, 0.2) is 0 Å². The Morgan fingerprint density at radius 1 is 0.495 bits per heavy atom. The van der Waals surface area contributed by atoms with E-state index in [9.17, 15) is 43.5 Å². The molecule has 3 aromatic heterocycles. The molecule has 0 bridgehead atoms. The highest BCUT2D eigenvalue weighted by molar-refractivity contribution is 6.39. The predicted molar refractivity (Wildman–Crippen MR) is 356 cm³/mol. The van der Waals surface area contributed by atoms with Gasteiger partial charge < -0.3 is 49.4 Å². The maximum absolute atomic E-state index is 12.9. The normalized spacial score (nSPS) is 12.1. The number of amides is 2. The molecule has 5 N–H and O–H groups in total. The first kappa shape index (κ1) is 66.8. The molecule has 10 aromatic rings. The Bertz CT molecular complexity index is 4520.